The van der Waals surface area contributed by atoms with Gasteiger partial charge < -0.3 is 9.26 Å². The zero-order chi connectivity index (χ0) is 18.8. The number of rotatable bonds is 6. The second-order valence-electron chi connectivity index (χ2n) is 6.90. The molecule has 1 aliphatic heterocycles. The van der Waals surface area contributed by atoms with E-state index in [2.05, 4.69) is 10.1 Å². The summed E-state index contributed by atoms with van der Waals surface area (Å²) in [5, 5.41) is 4.08. The van der Waals surface area contributed by atoms with Gasteiger partial charge in [0.05, 0.1) is 0 Å². The van der Waals surface area contributed by atoms with Crippen molar-refractivity contribution in [3.8, 4) is 5.75 Å². The SMILES string of the molecule is CN(C)S(=O)(=O)N1CCCC(C)(c2noc(COc3ccccc3)n2)C1. The molecule has 1 aliphatic rings. The van der Waals surface area contributed by atoms with Crippen molar-refractivity contribution in [2.75, 3.05) is 27.2 Å². The molecular weight excluding hydrogens is 356 g/mol. The van der Waals surface area contributed by atoms with Crippen LogP contribution in [0.5, 0.6) is 5.75 Å². The van der Waals surface area contributed by atoms with Crippen LogP contribution in [0.1, 0.15) is 31.5 Å². The van der Waals surface area contributed by atoms with Crippen LogP contribution in [0, 0.1) is 0 Å². The number of benzene rings is 1. The molecule has 142 valence electrons. The number of para-hydroxylation sites is 1. The Morgan fingerprint density at radius 1 is 1.31 bits per heavy atom. The van der Waals surface area contributed by atoms with Gasteiger partial charge in [-0.1, -0.05) is 30.3 Å². The molecule has 1 aromatic carbocycles. The number of ether oxygens (including phenoxy) is 1. The number of hydrogen-bond acceptors (Lipinski definition) is 6. The zero-order valence-electron chi connectivity index (χ0n) is 15.3. The van der Waals surface area contributed by atoms with Crippen LogP contribution in [0.4, 0.5) is 0 Å². The molecule has 0 aliphatic carbocycles. The lowest BCUT2D eigenvalue weighted by atomic mass is 9.82. The van der Waals surface area contributed by atoms with E-state index in [9.17, 15) is 8.42 Å². The predicted molar refractivity (Wildman–Crippen MR) is 95.8 cm³/mol. The van der Waals surface area contributed by atoms with Crippen molar-refractivity contribution in [1.82, 2.24) is 18.8 Å². The Kier molecular flexibility index (Phi) is 5.31. The van der Waals surface area contributed by atoms with Crippen LogP contribution in [-0.4, -0.2) is 54.4 Å². The summed E-state index contributed by atoms with van der Waals surface area (Å²) in [5.74, 6) is 1.61. The van der Waals surface area contributed by atoms with Gasteiger partial charge in [0.15, 0.2) is 12.4 Å². The molecule has 0 bridgehead atoms. The molecule has 1 atom stereocenters. The van der Waals surface area contributed by atoms with Gasteiger partial charge in [0.25, 0.3) is 16.1 Å². The van der Waals surface area contributed by atoms with E-state index < -0.39 is 15.6 Å². The molecule has 9 heteroatoms. The molecule has 1 fully saturated rings. The van der Waals surface area contributed by atoms with Crippen molar-refractivity contribution in [3.05, 3.63) is 42.0 Å². The lowest BCUT2D eigenvalue weighted by molar-refractivity contribution is 0.215. The molecule has 8 nitrogen and oxygen atoms in total. The number of hydrogen-bond donors (Lipinski definition) is 0. The van der Waals surface area contributed by atoms with Crippen molar-refractivity contribution in [2.45, 2.75) is 31.8 Å². The Bertz CT molecular complexity index is 837. The molecular formula is C17H24N4O4S. The van der Waals surface area contributed by atoms with Gasteiger partial charge in [-0.15, -0.1) is 0 Å². The predicted octanol–water partition coefficient (Wildman–Crippen LogP) is 1.81. The molecule has 0 spiro atoms. The molecule has 26 heavy (non-hydrogen) atoms. The Morgan fingerprint density at radius 2 is 2.04 bits per heavy atom. The average molecular weight is 380 g/mol. The first-order chi connectivity index (χ1) is 12.3. The third-order valence-electron chi connectivity index (χ3n) is 4.56. The van der Waals surface area contributed by atoms with Crippen molar-refractivity contribution in [2.24, 2.45) is 0 Å². The highest BCUT2D eigenvalue weighted by Gasteiger charge is 2.41. The molecule has 1 saturated heterocycles. The molecule has 1 unspecified atom stereocenters. The van der Waals surface area contributed by atoms with Gasteiger partial charge in [0.1, 0.15) is 5.75 Å². The molecule has 0 saturated carbocycles. The Morgan fingerprint density at radius 3 is 2.73 bits per heavy atom. The van der Waals surface area contributed by atoms with Crippen LogP contribution in [0.25, 0.3) is 0 Å². The highest BCUT2D eigenvalue weighted by atomic mass is 32.2. The van der Waals surface area contributed by atoms with E-state index in [-0.39, 0.29) is 6.61 Å². The second kappa shape index (κ2) is 7.34. The summed E-state index contributed by atoms with van der Waals surface area (Å²) in [4.78, 5) is 4.44. The van der Waals surface area contributed by atoms with Crippen LogP contribution >= 0.6 is 0 Å². The van der Waals surface area contributed by atoms with E-state index in [1.54, 1.807) is 0 Å². The number of nitrogens with zero attached hydrogens (tertiary/aromatic N) is 4. The van der Waals surface area contributed by atoms with E-state index in [1.807, 2.05) is 37.3 Å². The molecule has 0 radical (unpaired) electrons. The van der Waals surface area contributed by atoms with Gasteiger partial charge in [-0.05, 0) is 25.0 Å². The zero-order valence-corrected chi connectivity index (χ0v) is 16.1. The monoisotopic (exact) mass is 380 g/mol. The van der Waals surface area contributed by atoms with Crippen LogP contribution in [0.15, 0.2) is 34.9 Å². The summed E-state index contributed by atoms with van der Waals surface area (Å²) in [7, 11) is -0.390. The Labute approximate surface area is 153 Å². The summed E-state index contributed by atoms with van der Waals surface area (Å²) in [6, 6.07) is 9.39. The lowest BCUT2D eigenvalue weighted by Crippen LogP contribution is -2.50. The van der Waals surface area contributed by atoms with Gasteiger partial charge in [-0.3, -0.25) is 0 Å². The molecule has 2 aromatic rings. The average Bonchev–Trinajstić information content (AvgIpc) is 3.11. The highest BCUT2D eigenvalue weighted by Crippen LogP contribution is 2.33. The van der Waals surface area contributed by atoms with Crippen LogP contribution < -0.4 is 4.74 Å². The normalized spacial score (nSPS) is 21.8. The minimum Gasteiger partial charge on any atom is -0.484 e. The fourth-order valence-corrected chi connectivity index (χ4v) is 4.29. The van der Waals surface area contributed by atoms with Gasteiger partial charge >= 0.3 is 0 Å². The van der Waals surface area contributed by atoms with Gasteiger partial charge in [-0.25, -0.2) is 0 Å². The summed E-state index contributed by atoms with van der Waals surface area (Å²) in [6.45, 7) is 2.97. The third-order valence-corrected chi connectivity index (χ3v) is 6.45. The second-order valence-corrected chi connectivity index (χ2v) is 9.04. The Balaban J connectivity index is 1.71. The molecule has 2 heterocycles. The summed E-state index contributed by atoms with van der Waals surface area (Å²) in [5.41, 5.74) is -0.490. The van der Waals surface area contributed by atoms with Gasteiger partial charge in [0.2, 0.25) is 0 Å². The summed E-state index contributed by atoms with van der Waals surface area (Å²) in [6.07, 6.45) is 1.54. The fourth-order valence-electron chi connectivity index (χ4n) is 3.02. The first-order valence-corrected chi connectivity index (χ1v) is 9.89. The highest BCUT2D eigenvalue weighted by molar-refractivity contribution is 7.86. The van der Waals surface area contributed by atoms with Crippen molar-refractivity contribution >= 4 is 10.2 Å². The third kappa shape index (κ3) is 3.89. The minimum atomic E-state index is -3.46. The van der Waals surface area contributed by atoms with Gasteiger partial charge in [0, 0.05) is 32.6 Å². The van der Waals surface area contributed by atoms with Gasteiger partial charge in [-0.2, -0.15) is 22.0 Å². The number of aromatic nitrogens is 2. The van der Waals surface area contributed by atoms with Crippen molar-refractivity contribution < 1.29 is 17.7 Å². The van der Waals surface area contributed by atoms with E-state index in [0.717, 1.165) is 18.6 Å². The van der Waals surface area contributed by atoms with Crippen LogP contribution in [0.3, 0.4) is 0 Å². The van der Waals surface area contributed by atoms with Crippen LogP contribution in [-0.2, 0) is 22.2 Å². The molecule has 3 rings (SSSR count). The van der Waals surface area contributed by atoms with E-state index in [4.69, 9.17) is 9.26 Å². The van der Waals surface area contributed by atoms with Crippen molar-refractivity contribution in [3.63, 3.8) is 0 Å². The van der Waals surface area contributed by atoms with Crippen molar-refractivity contribution in [1.29, 1.82) is 0 Å². The summed E-state index contributed by atoms with van der Waals surface area (Å²) < 4.78 is 38.5. The smallest absolute Gasteiger partial charge is 0.281 e. The van der Waals surface area contributed by atoms with E-state index >= 15 is 0 Å². The maximum atomic E-state index is 12.4. The van der Waals surface area contributed by atoms with E-state index in [1.165, 1.54) is 22.7 Å². The first-order valence-electron chi connectivity index (χ1n) is 8.50. The number of piperidine rings is 1. The lowest BCUT2D eigenvalue weighted by Gasteiger charge is -2.38. The molecule has 1 aromatic heterocycles. The maximum absolute atomic E-state index is 12.4. The minimum absolute atomic E-state index is 0.173. The Hall–Kier alpha value is -1.97. The maximum Gasteiger partial charge on any atom is 0.281 e. The van der Waals surface area contributed by atoms with Crippen LogP contribution in [0.2, 0.25) is 0 Å². The topological polar surface area (TPSA) is 88.8 Å². The first kappa shape index (κ1) is 18.8. The molecule has 0 amide bonds. The fraction of sp³-hybridized carbons (Fsp3) is 0.529. The largest absolute Gasteiger partial charge is 0.484 e. The quantitative estimate of drug-likeness (QED) is 0.759. The molecule has 0 N–H and O–H groups in total. The standard InChI is InChI=1S/C17H24N4O4S/c1-17(10-7-11-21(13-17)26(22,23)20(2)3)16-18-15(25-19-16)12-24-14-8-5-4-6-9-14/h4-6,8-9H,7,10-13H2,1-3H3. The summed E-state index contributed by atoms with van der Waals surface area (Å²) >= 11 is 0. The van der Waals surface area contributed by atoms with E-state index in [0.29, 0.717) is 24.8 Å².